The van der Waals surface area contributed by atoms with E-state index in [-0.39, 0.29) is 19.2 Å². The molecule has 1 saturated heterocycles. The second-order valence-electron chi connectivity index (χ2n) is 7.67. The van der Waals surface area contributed by atoms with E-state index in [2.05, 4.69) is 14.6 Å². The number of H-pyrrole nitrogens is 1. The third-order valence-electron chi connectivity index (χ3n) is 5.47. The zero-order chi connectivity index (χ0) is 22.0. The molecule has 1 amide bonds. The highest BCUT2D eigenvalue weighted by Gasteiger charge is 2.32. The van der Waals surface area contributed by atoms with Crippen molar-refractivity contribution in [2.45, 2.75) is 10.9 Å². The van der Waals surface area contributed by atoms with Gasteiger partial charge < -0.3 is 14.8 Å². The number of aromatic amines is 1. The quantitative estimate of drug-likeness (QED) is 0.625. The summed E-state index contributed by atoms with van der Waals surface area (Å²) in [7, 11) is -2.01. The van der Waals surface area contributed by atoms with Gasteiger partial charge in [-0.2, -0.15) is 4.72 Å². The lowest BCUT2D eigenvalue weighted by molar-refractivity contribution is -0.134. The lowest BCUT2D eigenvalue weighted by atomic mass is 10.1. The first-order valence-corrected chi connectivity index (χ1v) is 11.5. The standard InChI is InChI=1S/C22H24N4O4S.2H2/c1-25-11-13-26(14-12-25)22(28)21(16-5-3-2-4-6-16)24-31(29,30)18-8-9-19-17(15-18)7-10-20(27)23-19;;/h2-10,15,21,24H,11-14H2,1H3,(H,23,27);2*1H. The van der Waals surface area contributed by atoms with E-state index >= 15 is 0 Å². The van der Waals surface area contributed by atoms with Crippen LogP contribution in [0.1, 0.15) is 14.5 Å². The highest BCUT2D eigenvalue weighted by atomic mass is 32.2. The highest BCUT2D eigenvalue weighted by Crippen LogP contribution is 2.22. The predicted molar refractivity (Wildman–Crippen MR) is 122 cm³/mol. The number of benzene rings is 2. The molecule has 0 radical (unpaired) electrons. The molecule has 2 aromatic carbocycles. The van der Waals surface area contributed by atoms with Crippen molar-refractivity contribution >= 4 is 26.8 Å². The number of nitrogens with zero attached hydrogens (tertiary/aromatic N) is 2. The van der Waals surface area contributed by atoms with Crippen LogP contribution >= 0.6 is 0 Å². The van der Waals surface area contributed by atoms with Crippen molar-refractivity contribution in [3.63, 3.8) is 0 Å². The van der Waals surface area contributed by atoms with Crippen molar-refractivity contribution < 1.29 is 16.1 Å². The summed E-state index contributed by atoms with van der Waals surface area (Å²) >= 11 is 0. The summed E-state index contributed by atoms with van der Waals surface area (Å²) in [6.45, 7) is 2.57. The van der Waals surface area contributed by atoms with E-state index in [0.29, 0.717) is 29.6 Å². The Morgan fingerprint density at radius 3 is 2.45 bits per heavy atom. The third-order valence-corrected chi connectivity index (χ3v) is 6.89. The van der Waals surface area contributed by atoms with E-state index in [1.807, 2.05) is 13.1 Å². The smallest absolute Gasteiger partial charge is 0.248 e. The Bertz CT molecular complexity index is 1260. The van der Waals surface area contributed by atoms with Crippen molar-refractivity contribution in [3.8, 4) is 0 Å². The van der Waals surface area contributed by atoms with Gasteiger partial charge in [-0.3, -0.25) is 9.59 Å². The van der Waals surface area contributed by atoms with Gasteiger partial charge in [-0.15, -0.1) is 0 Å². The number of carbonyl (C=O) groups excluding carboxylic acids is 1. The van der Waals surface area contributed by atoms with E-state index in [1.165, 1.54) is 18.2 Å². The highest BCUT2D eigenvalue weighted by molar-refractivity contribution is 7.89. The SMILES string of the molecule is CN1CCN(C(=O)C(NS(=O)(=O)c2ccc3[nH]c(=O)ccc3c2)c2ccccc2)CC1.[HH].[HH]. The second kappa shape index (κ2) is 8.62. The van der Waals surface area contributed by atoms with Crippen LogP contribution in [0.4, 0.5) is 0 Å². The number of likely N-dealkylation sites (N-methyl/N-ethyl adjacent to an activating group) is 1. The maximum atomic E-state index is 13.3. The maximum Gasteiger partial charge on any atom is 0.248 e. The number of amides is 1. The molecule has 1 unspecified atom stereocenters. The first-order chi connectivity index (χ1) is 14.8. The lowest BCUT2D eigenvalue weighted by Crippen LogP contribution is -2.51. The number of pyridine rings is 1. The van der Waals surface area contributed by atoms with Gasteiger partial charge in [0.25, 0.3) is 0 Å². The minimum absolute atomic E-state index is 0. The molecule has 0 bridgehead atoms. The van der Waals surface area contributed by atoms with E-state index in [9.17, 15) is 18.0 Å². The number of nitrogens with one attached hydrogen (secondary N) is 2. The Morgan fingerprint density at radius 2 is 1.74 bits per heavy atom. The summed E-state index contributed by atoms with van der Waals surface area (Å²) in [6.07, 6.45) is 0. The molecule has 31 heavy (non-hydrogen) atoms. The molecule has 3 aromatic rings. The topological polar surface area (TPSA) is 103 Å². The van der Waals surface area contributed by atoms with E-state index in [1.54, 1.807) is 41.3 Å². The first-order valence-electron chi connectivity index (χ1n) is 10.0. The molecule has 8 nitrogen and oxygen atoms in total. The number of hydrogen-bond acceptors (Lipinski definition) is 5. The van der Waals surface area contributed by atoms with Gasteiger partial charge in [-0.25, -0.2) is 8.42 Å². The van der Waals surface area contributed by atoms with Crippen molar-refractivity contribution in [1.82, 2.24) is 19.5 Å². The van der Waals surface area contributed by atoms with E-state index in [4.69, 9.17) is 0 Å². The fourth-order valence-electron chi connectivity index (χ4n) is 3.64. The molecule has 2 heterocycles. The van der Waals surface area contributed by atoms with Crippen LogP contribution in [0.25, 0.3) is 10.9 Å². The van der Waals surface area contributed by atoms with Gasteiger partial charge in [0.15, 0.2) is 0 Å². The number of sulfonamides is 1. The Labute approximate surface area is 183 Å². The van der Waals surface area contributed by atoms with Gasteiger partial charge in [0.05, 0.1) is 4.90 Å². The molecule has 166 valence electrons. The van der Waals surface area contributed by atoms with Crippen molar-refractivity contribution in [2.75, 3.05) is 33.2 Å². The molecule has 0 aliphatic carbocycles. The van der Waals surface area contributed by atoms with Gasteiger partial charge in [-0.1, -0.05) is 30.3 Å². The second-order valence-corrected chi connectivity index (χ2v) is 9.38. The lowest BCUT2D eigenvalue weighted by Gasteiger charge is -2.34. The van der Waals surface area contributed by atoms with Crippen LogP contribution in [0.15, 0.2) is 70.4 Å². The largest absolute Gasteiger partial charge is 0.338 e. The van der Waals surface area contributed by atoms with Crippen molar-refractivity contribution in [1.29, 1.82) is 0 Å². The van der Waals surface area contributed by atoms with Crippen LogP contribution in [0.2, 0.25) is 0 Å². The first kappa shape index (κ1) is 21.2. The number of rotatable bonds is 5. The minimum Gasteiger partial charge on any atom is -0.338 e. The summed E-state index contributed by atoms with van der Waals surface area (Å²) in [4.78, 5) is 31.3. The zero-order valence-corrected chi connectivity index (χ0v) is 17.9. The average Bonchev–Trinajstić information content (AvgIpc) is 2.77. The number of fused-ring (bicyclic) bond motifs is 1. The van der Waals surface area contributed by atoms with Crippen LogP contribution in [0, 0.1) is 0 Å². The summed E-state index contributed by atoms with van der Waals surface area (Å²) in [5.74, 6) is -0.270. The molecule has 2 N–H and O–H groups in total. The van der Waals surface area contributed by atoms with Crippen LogP contribution in [0.3, 0.4) is 0 Å². The predicted octanol–water partition coefficient (Wildman–Crippen LogP) is 1.81. The Morgan fingerprint density at radius 1 is 1.03 bits per heavy atom. The molecule has 0 saturated carbocycles. The van der Waals surface area contributed by atoms with Gasteiger partial charge in [-0.05, 0) is 42.3 Å². The summed E-state index contributed by atoms with van der Waals surface area (Å²) in [6, 6.07) is 15.2. The number of hydrogen-bond donors (Lipinski definition) is 2. The monoisotopic (exact) mass is 444 g/mol. The van der Waals surface area contributed by atoms with Crippen LogP contribution in [0.5, 0.6) is 0 Å². The zero-order valence-electron chi connectivity index (χ0n) is 17.1. The van der Waals surface area contributed by atoms with Crippen LogP contribution in [-0.2, 0) is 14.8 Å². The van der Waals surface area contributed by atoms with Gasteiger partial charge in [0.2, 0.25) is 21.5 Å². The van der Waals surface area contributed by atoms with Crippen molar-refractivity contribution in [3.05, 3.63) is 76.6 Å². The molecule has 1 fully saturated rings. The van der Waals surface area contributed by atoms with Crippen LogP contribution in [-0.4, -0.2) is 62.3 Å². The summed E-state index contributed by atoms with van der Waals surface area (Å²) in [5, 5.41) is 0.587. The average molecular weight is 445 g/mol. The Balaban J connectivity index is 0.00000193. The van der Waals surface area contributed by atoms with E-state index < -0.39 is 16.1 Å². The third kappa shape index (κ3) is 4.68. The van der Waals surface area contributed by atoms with Crippen molar-refractivity contribution in [2.24, 2.45) is 0 Å². The molecule has 1 aliphatic rings. The fourth-order valence-corrected chi connectivity index (χ4v) is 4.85. The number of piperazine rings is 1. The van der Waals surface area contributed by atoms with Gasteiger partial charge >= 0.3 is 0 Å². The fraction of sp³-hybridized carbons (Fsp3) is 0.273. The summed E-state index contributed by atoms with van der Waals surface area (Å²) < 4.78 is 29.0. The molecule has 0 spiro atoms. The molecule has 9 heteroatoms. The molecule has 1 aromatic heterocycles. The minimum atomic E-state index is -4.00. The molecule has 4 rings (SSSR count). The molecule has 1 aliphatic heterocycles. The number of carbonyl (C=O) groups is 1. The number of aromatic nitrogens is 1. The molecular weight excluding hydrogens is 416 g/mol. The molecular formula is C22H28N4O4S. The van der Waals surface area contributed by atoms with E-state index in [0.717, 1.165) is 13.1 Å². The normalized spacial score (nSPS) is 16.4. The maximum absolute atomic E-state index is 13.3. The van der Waals surface area contributed by atoms with Crippen LogP contribution < -0.4 is 10.3 Å². The molecule has 1 atom stereocenters. The van der Waals surface area contributed by atoms with Gasteiger partial charge in [0, 0.05) is 40.6 Å². The Kier molecular flexibility index (Phi) is 5.90. The van der Waals surface area contributed by atoms with Gasteiger partial charge in [0.1, 0.15) is 6.04 Å². The Hall–Kier alpha value is -3.01. The summed E-state index contributed by atoms with van der Waals surface area (Å²) in [5.41, 5.74) is 0.864.